The number of nitrogens with zero attached hydrogens (tertiary/aromatic N) is 2. The second-order valence-electron chi connectivity index (χ2n) is 9.22. The van der Waals surface area contributed by atoms with Crippen LogP contribution < -0.4 is 10.2 Å². The number of aliphatic imine (C=N–C) groups is 1. The van der Waals surface area contributed by atoms with Gasteiger partial charge < -0.3 is 10.2 Å². The van der Waals surface area contributed by atoms with Gasteiger partial charge in [-0.3, -0.25) is 9.79 Å². The normalized spacial score (nSPS) is 18.3. The molecule has 0 saturated heterocycles. The number of fused-ring (bicyclic) bond motifs is 1. The Morgan fingerprint density at radius 2 is 2.00 bits per heavy atom. The Morgan fingerprint density at radius 3 is 2.71 bits per heavy atom. The van der Waals surface area contributed by atoms with Crippen molar-refractivity contribution in [2.24, 2.45) is 4.99 Å². The van der Waals surface area contributed by atoms with Crippen molar-refractivity contribution >= 4 is 17.8 Å². The van der Waals surface area contributed by atoms with Crippen molar-refractivity contribution in [3.63, 3.8) is 0 Å². The number of nitrogens with one attached hydrogen (secondary N) is 1. The fourth-order valence-corrected chi connectivity index (χ4v) is 4.66. The van der Waals surface area contributed by atoms with Gasteiger partial charge in [0.15, 0.2) is 0 Å². The molecule has 164 valence electrons. The summed E-state index contributed by atoms with van der Waals surface area (Å²) in [5, 5.41) is 2.92. The van der Waals surface area contributed by atoms with Crippen molar-refractivity contribution in [2.45, 2.75) is 57.8 Å². The molecule has 0 fully saturated rings. The highest BCUT2D eigenvalue weighted by molar-refractivity contribution is 5.97. The van der Waals surface area contributed by atoms with Gasteiger partial charge in [-0.05, 0) is 52.5 Å². The van der Waals surface area contributed by atoms with E-state index in [0.29, 0.717) is 18.9 Å². The monoisotopic (exact) mass is 417 g/mol. The lowest BCUT2D eigenvalue weighted by molar-refractivity contribution is -0.118. The predicted molar refractivity (Wildman–Crippen MR) is 131 cm³/mol. The van der Waals surface area contributed by atoms with Crippen LogP contribution in [0, 0.1) is 0 Å². The molecule has 1 amide bonds. The van der Waals surface area contributed by atoms with Gasteiger partial charge in [-0.25, -0.2) is 0 Å². The Labute approximate surface area is 187 Å². The first kappa shape index (κ1) is 22.8. The number of carbonyl (C=O) groups is 1. The van der Waals surface area contributed by atoms with Gasteiger partial charge in [0, 0.05) is 37.8 Å². The van der Waals surface area contributed by atoms with Crippen LogP contribution in [-0.2, 0) is 10.2 Å². The van der Waals surface area contributed by atoms with Crippen LogP contribution in [0.2, 0.25) is 0 Å². The van der Waals surface area contributed by atoms with Gasteiger partial charge in [0.2, 0.25) is 5.91 Å². The molecule has 4 heteroatoms. The van der Waals surface area contributed by atoms with Gasteiger partial charge in [0.1, 0.15) is 0 Å². The SMILES string of the molecule is CN/C=C\N=CCN(C(=O)C[C@H](C)c1ccccc1)c1ccc2c(c1)[C@@H](C)CC2(C)C. The lowest BCUT2D eigenvalue weighted by Gasteiger charge is -2.25. The summed E-state index contributed by atoms with van der Waals surface area (Å²) in [4.78, 5) is 19.6. The molecule has 1 N–H and O–H groups in total. The zero-order valence-corrected chi connectivity index (χ0v) is 19.4. The molecule has 0 saturated carbocycles. The summed E-state index contributed by atoms with van der Waals surface area (Å²) in [7, 11) is 1.83. The molecule has 0 unspecified atom stereocenters. The smallest absolute Gasteiger partial charge is 0.227 e. The summed E-state index contributed by atoms with van der Waals surface area (Å²) >= 11 is 0. The summed E-state index contributed by atoms with van der Waals surface area (Å²) in [6.45, 7) is 9.46. The average molecular weight is 418 g/mol. The number of rotatable bonds is 8. The van der Waals surface area contributed by atoms with E-state index in [0.717, 1.165) is 12.1 Å². The molecule has 0 spiro atoms. The molecule has 0 aliphatic heterocycles. The van der Waals surface area contributed by atoms with E-state index in [1.165, 1.54) is 16.7 Å². The van der Waals surface area contributed by atoms with Crippen LogP contribution >= 0.6 is 0 Å². The van der Waals surface area contributed by atoms with Crippen LogP contribution in [0.4, 0.5) is 5.69 Å². The summed E-state index contributed by atoms with van der Waals surface area (Å²) in [5.74, 6) is 0.771. The molecule has 0 radical (unpaired) electrons. The maximum atomic E-state index is 13.4. The molecule has 0 heterocycles. The van der Waals surface area contributed by atoms with Crippen molar-refractivity contribution in [2.75, 3.05) is 18.5 Å². The van der Waals surface area contributed by atoms with Gasteiger partial charge in [-0.2, -0.15) is 0 Å². The van der Waals surface area contributed by atoms with E-state index in [4.69, 9.17) is 0 Å². The summed E-state index contributed by atoms with van der Waals surface area (Å²) in [6, 6.07) is 16.8. The van der Waals surface area contributed by atoms with E-state index < -0.39 is 0 Å². The van der Waals surface area contributed by atoms with Crippen molar-refractivity contribution in [1.82, 2.24) is 5.32 Å². The highest BCUT2D eigenvalue weighted by atomic mass is 16.2. The van der Waals surface area contributed by atoms with Gasteiger partial charge >= 0.3 is 0 Å². The average Bonchev–Trinajstić information content (AvgIpc) is 2.99. The fraction of sp³-hybridized carbons (Fsp3) is 0.407. The number of anilines is 1. The highest BCUT2D eigenvalue weighted by Crippen LogP contribution is 2.46. The van der Waals surface area contributed by atoms with E-state index in [9.17, 15) is 4.79 Å². The Morgan fingerprint density at radius 1 is 1.26 bits per heavy atom. The third kappa shape index (κ3) is 5.43. The minimum absolute atomic E-state index is 0.116. The van der Waals surface area contributed by atoms with E-state index in [-0.39, 0.29) is 17.2 Å². The molecule has 2 aromatic carbocycles. The molecule has 2 atom stereocenters. The number of benzene rings is 2. The molecule has 0 bridgehead atoms. The van der Waals surface area contributed by atoms with E-state index in [1.54, 1.807) is 18.6 Å². The second-order valence-corrected chi connectivity index (χ2v) is 9.22. The lowest BCUT2D eigenvalue weighted by Crippen LogP contribution is -2.33. The number of hydrogen-bond acceptors (Lipinski definition) is 3. The second kappa shape index (κ2) is 9.95. The van der Waals surface area contributed by atoms with Crippen LogP contribution in [0.15, 0.2) is 65.9 Å². The molecule has 1 aliphatic rings. The van der Waals surface area contributed by atoms with Gasteiger partial charge in [-0.15, -0.1) is 0 Å². The predicted octanol–water partition coefficient (Wildman–Crippen LogP) is 5.76. The molecule has 1 aliphatic carbocycles. The number of carbonyl (C=O) groups excluding carboxylic acids is 1. The lowest BCUT2D eigenvalue weighted by atomic mass is 9.86. The van der Waals surface area contributed by atoms with Crippen LogP contribution in [0.3, 0.4) is 0 Å². The van der Waals surface area contributed by atoms with Gasteiger partial charge in [-0.1, -0.05) is 64.1 Å². The van der Waals surface area contributed by atoms with Crippen LogP contribution in [-0.4, -0.2) is 25.7 Å². The van der Waals surface area contributed by atoms with E-state index >= 15 is 0 Å². The summed E-state index contributed by atoms with van der Waals surface area (Å²) in [6.07, 6.45) is 6.85. The van der Waals surface area contributed by atoms with Gasteiger partial charge in [0.25, 0.3) is 0 Å². The topological polar surface area (TPSA) is 44.7 Å². The molecule has 0 aromatic heterocycles. The van der Waals surface area contributed by atoms with Crippen molar-refractivity contribution in [1.29, 1.82) is 0 Å². The number of amides is 1. The summed E-state index contributed by atoms with van der Waals surface area (Å²) in [5.41, 5.74) is 5.09. The Kier molecular flexibility index (Phi) is 7.32. The van der Waals surface area contributed by atoms with Crippen LogP contribution in [0.25, 0.3) is 0 Å². The quantitative estimate of drug-likeness (QED) is 0.555. The minimum Gasteiger partial charge on any atom is -0.393 e. The maximum absolute atomic E-state index is 13.4. The van der Waals surface area contributed by atoms with Crippen molar-refractivity contribution in [3.05, 3.63) is 77.6 Å². The van der Waals surface area contributed by atoms with E-state index in [1.807, 2.05) is 30.1 Å². The van der Waals surface area contributed by atoms with Gasteiger partial charge in [0.05, 0.1) is 6.54 Å². The first-order valence-electron chi connectivity index (χ1n) is 11.2. The largest absolute Gasteiger partial charge is 0.393 e. The zero-order valence-electron chi connectivity index (χ0n) is 19.4. The van der Waals surface area contributed by atoms with Crippen LogP contribution in [0.5, 0.6) is 0 Å². The molecular weight excluding hydrogens is 382 g/mol. The standard InChI is InChI=1S/C27H35N3O/c1-20(22-9-7-6-8-10-22)17-26(31)30(16-15-29-14-13-28-5)23-11-12-25-24(18-23)21(2)19-27(25,3)4/h6-15,18,20-21,28H,16-17,19H2,1-5H3/b14-13-,29-15?/t20-,21-/m0/s1. The minimum atomic E-state index is 0.116. The first-order chi connectivity index (χ1) is 14.8. The number of hydrogen-bond donors (Lipinski definition) is 1. The fourth-order valence-electron chi connectivity index (χ4n) is 4.66. The molecule has 4 nitrogen and oxygen atoms in total. The highest BCUT2D eigenvalue weighted by Gasteiger charge is 2.35. The maximum Gasteiger partial charge on any atom is 0.227 e. The Balaban J connectivity index is 1.86. The Bertz CT molecular complexity index is 946. The molecular formula is C27H35N3O. The Hall–Kier alpha value is -2.88. The van der Waals surface area contributed by atoms with Crippen molar-refractivity contribution in [3.8, 4) is 0 Å². The van der Waals surface area contributed by atoms with E-state index in [2.05, 4.69) is 68.3 Å². The third-order valence-corrected chi connectivity index (χ3v) is 6.27. The van der Waals surface area contributed by atoms with Crippen molar-refractivity contribution < 1.29 is 4.79 Å². The molecule has 31 heavy (non-hydrogen) atoms. The third-order valence-electron chi connectivity index (χ3n) is 6.27. The van der Waals surface area contributed by atoms with Crippen LogP contribution in [0.1, 0.15) is 69.1 Å². The zero-order chi connectivity index (χ0) is 22.4. The first-order valence-corrected chi connectivity index (χ1v) is 11.2. The summed E-state index contributed by atoms with van der Waals surface area (Å²) < 4.78 is 0. The molecule has 2 aromatic rings. The molecule has 3 rings (SSSR count).